The number of hydrogen-bond acceptors (Lipinski definition) is 5. The molecule has 2 atom stereocenters. The summed E-state index contributed by atoms with van der Waals surface area (Å²) in [5, 5.41) is 18.6. The SMILES string of the molecule is CNC(=O)c1cc(-c2cccnc2[C@H](Cc2cc(F)cc(F)c2)NC(=O)Cn2nc(C(F)(F)F)c3c2CC(O)C3)ccc1F. The Morgan fingerprint density at radius 3 is 2.48 bits per heavy atom. The number of aliphatic hydroxyl groups is 1. The summed E-state index contributed by atoms with van der Waals surface area (Å²) in [6.45, 7) is -0.654. The molecule has 14 heteroatoms. The van der Waals surface area contributed by atoms with Crippen molar-refractivity contribution >= 4 is 11.8 Å². The Bertz CT molecular complexity index is 1720. The van der Waals surface area contributed by atoms with Gasteiger partial charge < -0.3 is 15.7 Å². The number of alkyl halides is 3. The molecule has 0 spiro atoms. The van der Waals surface area contributed by atoms with Crippen molar-refractivity contribution in [3.63, 3.8) is 0 Å². The van der Waals surface area contributed by atoms with E-state index >= 15 is 0 Å². The Morgan fingerprint density at radius 2 is 1.80 bits per heavy atom. The number of aliphatic hydroxyl groups excluding tert-OH is 1. The maximum absolute atomic E-state index is 14.4. The van der Waals surface area contributed by atoms with Gasteiger partial charge in [-0.1, -0.05) is 12.1 Å². The number of nitrogens with one attached hydrogen (secondary N) is 2. The topological polar surface area (TPSA) is 109 Å². The molecule has 1 unspecified atom stereocenters. The average Bonchev–Trinajstić information content (AvgIpc) is 3.49. The molecule has 0 saturated heterocycles. The summed E-state index contributed by atoms with van der Waals surface area (Å²) >= 11 is 0. The van der Waals surface area contributed by atoms with Gasteiger partial charge in [0.2, 0.25) is 5.91 Å². The van der Waals surface area contributed by atoms with Crippen LogP contribution in [0.15, 0.2) is 54.7 Å². The molecule has 2 amide bonds. The first kappa shape index (κ1) is 30.7. The largest absolute Gasteiger partial charge is 0.435 e. The molecule has 1 aliphatic carbocycles. The van der Waals surface area contributed by atoms with Gasteiger partial charge in [0, 0.05) is 49.0 Å². The van der Waals surface area contributed by atoms with Crippen molar-refractivity contribution in [2.45, 2.75) is 44.1 Å². The molecule has 2 aromatic carbocycles. The molecule has 0 saturated carbocycles. The highest BCUT2D eigenvalue weighted by molar-refractivity contribution is 5.95. The number of nitrogens with zero attached hydrogens (tertiary/aromatic N) is 3. The number of rotatable bonds is 8. The van der Waals surface area contributed by atoms with Crippen molar-refractivity contribution in [1.82, 2.24) is 25.4 Å². The molecule has 44 heavy (non-hydrogen) atoms. The number of pyridine rings is 1. The molecule has 0 aliphatic heterocycles. The predicted molar refractivity (Wildman–Crippen MR) is 145 cm³/mol. The van der Waals surface area contributed by atoms with Crippen LogP contribution in [0, 0.1) is 17.5 Å². The summed E-state index contributed by atoms with van der Waals surface area (Å²) in [6.07, 6.45) is -5.04. The van der Waals surface area contributed by atoms with E-state index in [4.69, 9.17) is 0 Å². The van der Waals surface area contributed by atoms with Crippen LogP contribution in [0.5, 0.6) is 0 Å². The summed E-state index contributed by atoms with van der Waals surface area (Å²) in [5.41, 5.74) is -0.542. The van der Waals surface area contributed by atoms with Crippen LogP contribution in [-0.2, 0) is 36.8 Å². The highest BCUT2D eigenvalue weighted by atomic mass is 19.4. The van der Waals surface area contributed by atoms with E-state index < -0.39 is 59.8 Å². The van der Waals surface area contributed by atoms with Crippen LogP contribution in [-0.4, -0.2) is 44.8 Å². The number of fused-ring (bicyclic) bond motifs is 1. The van der Waals surface area contributed by atoms with E-state index in [1.54, 1.807) is 12.1 Å². The van der Waals surface area contributed by atoms with E-state index in [9.17, 15) is 41.0 Å². The molecule has 2 aromatic heterocycles. The summed E-state index contributed by atoms with van der Waals surface area (Å²) in [6, 6.07) is 8.60. The van der Waals surface area contributed by atoms with Crippen LogP contribution in [0.25, 0.3) is 11.1 Å². The van der Waals surface area contributed by atoms with Crippen molar-refractivity contribution in [2.24, 2.45) is 0 Å². The average molecular weight is 618 g/mol. The lowest BCUT2D eigenvalue weighted by molar-refractivity contribution is -0.142. The molecule has 0 bridgehead atoms. The zero-order chi connectivity index (χ0) is 31.8. The smallest absolute Gasteiger partial charge is 0.392 e. The third-order valence-electron chi connectivity index (χ3n) is 7.21. The second-order valence-corrected chi connectivity index (χ2v) is 10.3. The van der Waals surface area contributed by atoms with Crippen LogP contribution in [0.2, 0.25) is 0 Å². The maximum Gasteiger partial charge on any atom is 0.435 e. The molecule has 230 valence electrons. The number of aromatic nitrogens is 3. The maximum atomic E-state index is 14.4. The Kier molecular flexibility index (Phi) is 8.46. The number of amides is 2. The second-order valence-electron chi connectivity index (χ2n) is 10.3. The van der Waals surface area contributed by atoms with Gasteiger partial charge in [0.15, 0.2) is 5.69 Å². The zero-order valence-electron chi connectivity index (χ0n) is 23.1. The Morgan fingerprint density at radius 1 is 1.07 bits per heavy atom. The second kappa shape index (κ2) is 12.1. The number of carbonyl (C=O) groups excluding carboxylic acids is 2. The fourth-order valence-corrected chi connectivity index (χ4v) is 5.36. The van der Waals surface area contributed by atoms with Gasteiger partial charge in [0.1, 0.15) is 24.0 Å². The van der Waals surface area contributed by atoms with Crippen molar-refractivity contribution in [3.8, 4) is 11.1 Å². The standard InChI is InChI=1S/C30H25F6N5O3/c1-37-29(44)21-10-16(4-5-23(21)33)20-3-2-6-38-27(20)24(9-15-7-17(31)11-18(32)8-15)39-26(43)14-41-25-13-19(42)12-22(25)28(40-41)30(34,35)36/h2-8,10-11,19,24,42H,9,12-14H2,1H3,(H,37,44)(H,39,43)/t19?,24-/m0/s1. The Hall–Kier alpha value is -4.72. The first-order valence-corrected chi connectivity index (χ1v) is 13.4. The van der Waals surface area contributed by atoms with Crippen molar-refractivity contribution in [3.05, 3.63) is 106 Å². The van der Waals surface area contributed by atoms with Crippen molar-refractivity contribution < 1.29 is 41.0 Å². The molecule has 3 N–H and O–H groups in total. The van der Waals surface area contributed by atoms with Gasteiger partial charge >= 0.3 is 6.18 Å². The quantitative estimate of drug-likeness (QED) is 0.256. The third kappa shape index (κ3) is 6.44. The number of halogens is 6. The molecular weight excluding hydrogens is 592 g/mol. The van der Waals surface area contributed by atoms with E-state index in [-0.39, 0.29) is 47.3 Å². The normalized spacial score (nSPS) is 15.1. The van der Waals surface area contributed by atoms with Gasteiger partial charge in [-0.05, 0) is 47.9 Å². The van der Waals surface area contributed by atoms with Crippen LogP contribution >= 0.6 is 0 Å². The summed E-state index contributed by atoms with van der Waals surface area (Å²) in [5.74, 6) is -4.01. The molecule has 8 nitrogen and oxygen atoms in total. The zero-order valence-corrected chi connectivity index (χ0v) is 23.1. The minimum absolute atomic E-state index is 0.0790. The van der Waals surface area contributed by atoms with Crippen LogP contribution in [0.1, 0.15) is 44.6 Å². The number of hydrogen-bond donors (Lipinski definition) is 3. The number of carbonyl (C=O) groups is 2. The van der Waals surface area contributed by atoms with Gasteiger partial charge in [-0.15, -0.1) is 0 Å². The van der Waals surface area contributed by atoms with Gasteiger partial charge in [-0.25, -0.2) is 13.2 Å². The number of benzene rings is 2. The molecule has 0 fully saturated rings. The minimum atomic E-state index is -4.80. The van der Waals surface area contributed by atoms with E-state index in [0.717, 1.165) is 22.9 Å². The van der Waals surface area contributed by atoms with Gasteiger partial charge in [0.05, 0.1) is 23.4 Å². The van der Waals surface area contributed by atoms with Crippen LogP contribution in [0.3, 0.4) is 0 Å². The summed E-state index contributed by atoms with van der Waals surface area (Å²) in [7, 11) is 1.33. The van der Waals surface area contributed by atoms with Gasteiger partial charge in [0.25, 0.3) is 5.91 Å². The van der Waals surface area contributed by atoms with Crippen LogP contribution in [0.4, 0.5) is 26.3 Å². The van der Waals surface area contributed by atoms with E-state index in [0.29, 0.717) is 17.2 Å². The van der Waals surface area contributed by atoms with Crippen molar-refractivity contribution in [2.75, 3.05) is 7.05 Å². The molecule has 1 aliphatic rings. The first-order valence-electron chi connectivity index (χ1n) is 13.4. The monoisotopic (exact) mass is 617 g/mol. The highest BCUT2D eigenvalue weighted by Crippen LogP contribution is 2.37. The van der Waals surface area contributed by atoms with E-state index in [2.05, 4.69) is 20.7 Å². The van der Waals surface area contributed by atoms with E-state index in [1.165, 1.54) is 25.4 Å². The van der Waals surface area contributed by atoms with Crippen molar-refractivity contribution in [1.29, 1.82) is 0 Å². The lowest BCUT2D eigenvalue weighted by atomic mass is 9.94. The third-order valence-corrected chi connectivity index (χ3v) is 7.21. The minimum Gasteiger partial charge on any atom is -0.392 e. The van der Waals surface area contributed by atoms with E-state index in [1.807, 2.05) is 0 Å². The van der Waals surface area contributed by atoms with Gasteiger partial charge in [-0.2, -0.15) is 18.3 Å². The first-order chi connectivity index (χ1) is 20.8. The molecule has 5 rings (SSSR count). The highest BCUT2D eigenvalue weighted by Gasteiger charge is 2.42. The lowest BCUT2D eigenvalue weighted by Gasteiger charge is -2.22. The predicted octanol–water partition coefficient (Wildman–Crippen LogP) is 4.30. The summed E-state index contributed by atoms with van der Waals surface area (Å²) in [4.78, 5) is 30.0. The summed E-state index contributed by atoms with van der Waals surface area (Å²) < 4.78 is 84.3. The molecule has 0 radical (unpaired) electrons. The molecule has 4 aromatic rings. The Labute approximate surface area is 246 Å². The molecule has 2 heterocycles. The Balaban J connectivity index is 1.53. The van der Waals surface area contributed by atoms with Crippen LogP contribution < -0.4 is 10.6 Å². The fraction of sp³-hybridized carbons (Fsp3) is 0.267. The fourth-order valence-electron chi connectivity index (χ4n) is 5.36. The lowest BCUT2D eigenvalue weighted by Crippen LogP contribution is -2.34. The van der Waals surface area contributed by atoms with Gasteiger partial charge in [-0.3, -0.25) is 19.3 Å². The molecular formula is C30H25F6N5O3.